The van der Waals surface area contributed by atoms with Gasteiger partial charge in [-0.15, -0.1) is 0 Å². The number of aliphatic carboxylic acids is 1. The van der Waals surface area contributed by atoms with Gasteiger partial charge in [-0.2, -0.15) is 0 Å². The van der Waals surface area contributed by atoms with Crippen molar-refractivity contribution in [2.24, 2.45) is 0 Å². The minimum atomic E-state index is -0.933. The molecule has 2 nitrogen and oxygen atoms in total. The van der Waals surface area contributed by atoms with Crippen LogP contribution in [0.15, 0.2) is 48.6 Å². The normalized spacial score (nSPS) is 12.8. The first-order chi connectivity index (χ1) is 5.77. The predicted octanol–water partition coefficient (Wildman–Crippen LogP) is 2.32. The molecule has 1 N–H and O–H groups in total. The van der Waals surface area contributed by atoms with Crippen LogP contribution in [0, 0.1) is 0 Å². The minimum absolute atomic E-state index is 0.933. The van der Waals surface area contributed by atoms with Crippen molar-refractivity contribution in [3.8, 4) is 0 Å². The summed E-state index contributed by atoms with van der Waals surface area (Å²) in [5.41, 5.74) is 0. The molecule has 0 unspecified atom stereocenters. The Hall–Kier alpha value is -1.57. The molecule has 0 aromatic carbocycles. The van der Waals surface area contributed by atoms with E-state index in [1.54, 1.807) is 12.2 Å². The van der Waals surface area contributed by atoms with Crippen LogP contribution < -0.4 is 0 Å². The van der Waals surface area contributed by atoms with E-state index >= 15 is 0 Å². The summed E-state index contributed by atoms with van der Waals surface area (Å²) in [6.07, 6.45) is 13.5. The zero-order valence-corrected chi connectivity index (χ0v) is 6.97. The molecule has 0 aromatic rings. The molecule has 0 fully saturated rings. The van der Waals surface area contributed by atoms with Crippen molar-refractivity contribution < 1.29 is 9.90 Å². The number of hydrogen-bond acceptors (Lipinski definition) is 1. The summed E-state index contributed by atoms with van der Waals surface area (Å²) >= 11 is 0. The summed E-state index contributed by atoms with van der Waals surface area (Å²) in [5, 5.41) is 8.20. The molecule has 0 aromatic heterocycles. The Kier molecular flexibility index (Phi) is 6.55. The Morgan fingerprint density at radius 3 is 2.00 bits per heavy atom. The molecule has 0 bridgehead atoms. The minimum Gasteiger partial charge on any atom is -0.478 e. The zero-order chi connectivity index (χ0) is 9.23. The lowest BCUT2D eigenvalue weighted by molar-refractivity contribution is -0.131. The monoisotopic (exact) mass is 164 g/mol. The summed E-state index contributed by atoms with van der Waals surface area (Å²) in [6, 6.07) is 0. The van der Waals surface area contributed by atoms with Crippen LogP contribution >= 0.6 is 0 Å². The molecule has 0 heterocycles. The van der Waals surface area contributed by atoms with Crippen LogP contribution in [-0.2, 0) is 4.79 Å². The third-order valence-corrected chi connectivity index (χ3v) is 0.987. The molecular weight excluding hydrogens is 152 g/mol. The first-order valence-electron chi connectivity index (χ1n) is 3.63. The van der Waals surface area contributed by atoms with Crippen LogP contribution in [0.3, 0.4) is 0 Å². The van der Waals surface area contributed by atoms with Crippen LogP contribution in [-0.4, -0.2) is 11.1 Å². The highest BCUT2D eigenvalue weighted by Gasteiger charge is 1.78. The zero-order valence-electron chi connectivity index (χ0n) is 6.97. The summed E-state index contributed by atoms with van der Waals surface area (Å²) in [7, 11) is 0. The summed E-state index contributed by atoms with van der Waals surface area (Å²) in [4.78, 5) is 9.98. The van der Waals surface area contributed by atoms with Gasteiger partial charge in [-0.05, 0) is 6.92 Å². The maximum Gasteiger partial charge on any atom is 0.328 e. The molecule has 0 rings (SSSR count). The Morgan fingerprint density at radius 1 is 1.00 bits per heavy atom. The van der Waals surface area contributed by atoms with Crippen molar-refractivity contribution >= 4 is 5.97 Å². The van der Waals surface area contributed by atoms with E-state index in [1.165, 1.54) is 6.08 Å². The van der Waals surface area contributed by atoms with Crippen LogP contribution in [0.2, 0.25) is 0 Å². The fourth-order valence-corrected chi connectivity index (χ4v) is 0.506. The third-order valence-electron chi connectivity index (χ3n) is 0.987. The van der Waals surface area contributed by atoms with Crippen LogP contribution in [0.4, 0.5) is 0 Å². The van der Waals surface area contributed by atoms with E-state index in [0.29, 0.717) is 0 Å². The van der Waals surface area contributed by atoms with E-state index in [9.17, 15) is 4.79 Å². The average Bonchev–Trinajstić information content (AvgIpc) is 2.02. The van der Waals surface area contributed by atoms with Gasteiger partial charge in [0.2, 0.25) is 0 Å². The molecule has 0 aliphatic rings. The lowest BCUT2D eigenvalue weighted by atomic mass is 10.4. The van der Waals surface area contributed by atoms with Gasteiger partial charge in [0.05, 0.1) is 0 Å². The summed E-state index contributed by atoms with van der Waals surface area (Å²) < 4.78 is 0. The van der Waals surface area contributed by atoms with Gasteiger partial charge < -0.3 is 5.11 Å². The van der Waals surface area contributed by atoms with E-state index < -0.39 is 5.97 Å². The standard InChI is InChI=1S/C10H12O2/c1-2-3-4-5-6-7-8-9-10(11)12/h2-9H,1H3,(H,11,12)/b3-2+,5-4?,7-6?,9-8?. The van der Waals surface area contributed by atoms with Crippen LogP contribution in [0.1, 0.15) is 6.92 Å². The van der Waals surface area contributed by atoms with E-state index in [1.807, 2.05) is 31.2 Å². The van der Waals surface area contributed by atoms with Crippen molar-refractivity contribution in [3.63, 3.8) is 0 Å². The first-order valence-corrected chi connectivity index (χ1v) is 3.63. The number of hydrogen-bond donors (Lipinski definition) is 1. The Labute approximate surface area is 72.2 Å². The van der Waals surface area contributed by atoms with E-state index in [0.717, 1.165) is 6.08 Å². The van der Waals surface area contributed by atoms with Gasteiger partial charge in [-0.3, -0.25) is 0 Å². The molecule has 2 heteroatoms. The maximum atomic E-state index is 9.98. The lowest BCUT2D eigenvalue weighted by Crippen LogP contribution is -1.84. The highest BCUT2D eigenvalue weighted by atomic mass is 16.4. The topological polar surface area (TPSA) is 37.3 Å². The van der Waals surface area contributed by atoms with Gasteiger partial charge >= 0.3 is 5.97 Å². The van der Waals surface area contributed by atoms with Crippen molar-refractivity contribution in [3.05, 3.63) is 48.6 Å². The van der Waals surface area contributed by atoms with Gasteiger partial charge in [0, 0.05) is 6.08 Å². The SMILES string of the molecule is C/C=C/C=CC=CC=CC(=O)O. The molecule has 0 aliphatic heterocycles. The van der Waals surface area contributed by atoms with Gasteiger partial charge in [0.25, 0.3) is 0 Å². The van der Waals surface area contributed by atoms with Gasteiger partial charge in [0.1, 0.15) is 0 Å². The van der Waals surface area contributed by atoms with Gasteiger partial charge in [-0.1, -0.05) is 42.5 Å². The number of carboxylic acids is 1. The molecule has 0 spiro atoms. The van der Waals surface area contributed by atoms with Crippen molar-refractivity contribution in [2.75, 3.05) is 0 Å². The summed E-state index contributed by atoms with van der Waals surface area (Å²) in [5.74, 6) is -0.933. The van der Waals surface area contributed by atoms with Gasteiger partial charge in [-0.25, -0.2) is 4.79 Å². The number of carbonyl (C=O) groups is 1. The second-order valence-corrected chi connectivity index (χ2v) is 1.99. The molecule has 12 heavy (non-hydrogen) atoms. The second kappa shape index (κ2) is 7.54. The molecule has 0 saturated carbocycles. The molecule has 0 amide bonds. The second-order valence-electron chi connectivity index (χ2n) is 1.99. The average molecular weight is 164 g/mol. The summed E-state index contributed by atoms with van der Waals surface area (Å²) in [6.45, 7) is 1.93. The predicted molar refractivity (Wildman–Crippen MR) is 49.9 cm³/mol. The first kappa shape index (κ1) is 10.4. The quantitative estimate of drug-likeness (QED) is 0.511. The highest BCUT2D eigenvalue weighted by molar-refractivity contribution is 5.80. The highest BCUT2D eigenvalue weighted by Crippen LogP contribution is 1.81. The molecule has 64 valence electrons. The Balaban J connectivity index is 3.70. The molecule has 0 saturated heterocycles. The Morgan fingerprint density at radius 2 is 1.50 bits per heavy atom. The van der Waals surface area contributed by atoms with Crippen LogP contribution in [0.25, 0.3) is 0 Å². The Bertz CT molecular complexity index is 232. The fraction of sp³-hybridized carbons (Fsp3) is 0.100. The molecule has 0 atom stereocenters. The van der Waals surface area contributed by atoms with Gasteiger partial charge in [0.15, 0.2) is 0 Å². The van der Waals surface area contributed by atoms with Crippen molar-refractivity contribution in [2.45, 2.75) is 6.92 Å². The van der Waals surface area contributed by atoms with E-state index in [-0.39, 0.29) is 0 Å². The molecule has 0 aliphatic carbocycles. The van der Waals surface area contributed by atoms with E-state index in [2.05, 4.69) is 0 Å². The lowest BCUT2D eigenvalue weighted by Gasteiger charge is -1.74. The molecular formula is C10H12O2. The largest absolute Gasteiger partial charge is 0.478 e. The van der Waals surface area contributed by atoms with Crippen molar-refractivity contribution in [1.29, 1.82) is 0 Å². The maximum absolute atomic E-state index is 9.98. The fourth-order valence-electron chi connectivity index (χ4n) is 0.506. The molecule has 0 radical (unpaired) electrons. The van der Waals surface area contributed by atoms with E-state index in [4.69, 9.17) is 5.11 Å². The number of rotatable bonds is 4. The third kappa shape index (κ3) is 8.43. The smallest absolute Gasteiger partial charge is 0.328 e. The number of allylic oxidation sites excluding steroid dienone is 7. The van der Waals surface area contributed by atoms with Crippen LogP contribution in [0.5, 0.6) is 0 Å². The number of carboxylic acid groups (broad SMARTS) is 1. The van der Waals surface area contributed by atoms with Crippen molar-refractivity contribution in [1.82, 2.24) is 0 Å².